The van der Waals surface area contributed by atoms with Crippen LogP contribution in [0.4, 0.5) is 5.69 Å². The fourth-order valence-corrected chi connectivity index (χ4v) is 5.58. The van der Waals surface area contributed by atoms with Crippen molar-refractivity contribution in [1.82, 2.24) is 15.2 Å². The maximum atomic E-state index is 12.4. The highest BCUT2D eigenvalue weighted by Crippen LogP contribution is 2.48. The van der Waals surface area contributed by atoms with Crippen LogP contribution in [-0.2, 0) is 6.54 Å². The Hall–Kier alpha value is -2.94. The van der Waals surface area contributed by atoms with E-state index in [1.54, 1.807) is 23.6 Å². The quantitative estimate of drug-likeness (QED) is 0.644. The second-order valence-corrected chi connectivity index (χ2v) is 9.24. The van der Waals surface area contributed by atoms with E-state index in [4.69, 9.17) is 10.5 Å². The van der Waals surface area contributed by atoms with E-state index in [0.717, 1.165) is 34.9 Å². The molecule has 31 heavy (non-hydrogen) atoms. The molecule has 3 atom stereocenters. The van der Waals surface area contributed by atoms with Crippen molar-refractivity contribution in [2.45, 2.75) is 31.4 Å². The minimum absolute atomic E-state index is 0.290. The third-order valence-corrected chi connectivity index (χ3v) is 7.10. The van der Waals surface area contributed by atoms with Crippen molar-refractivity contribution in [3.63, 3.8) is 0 Å². The van der Waals surface area contributed by atoms with Gasteiger partial charge in [0.2, 0.25) is 6.35 Å². The van der Waals surface area contributed by atoms with Crippen LogP contribution in [0.25, 0.3) is 10.6 Å². The summed E-state index contributed by atoms with van der Waals surface area (Å²) in [5, 5.41) is 6.40. The standard InChI is InChI=1S/C23H23N5O2S/c24-21(29)17-6-7-18(22-25-8-9-31-22)20-19(17)28(11-14-4-2-1-3-5-14)23(30-20)27-12-15-10-16(13-27)26-15/h1-9,15-16,23,26H,10-13H2,(H2,24,29). The number of ether oxygens (including phenoxy) is 1. The molecule has 7 nitrogen and oxygen atoms in total. The topological polar surface area (TPSA) is 83.7 Å². The number of piperidine rings is 1. The Morgan fingerprint density at radius 1 is 1.19 bits per heavy atom. The number of nitrogens with one attached hydrogen (secondary N) is 1. The molecule has 4 aliphatic heterocycles. The number of hydrogen-bond acceptors (Lipinski definition) is 7. The Kier molecular flexibility index (Phi) is 4.45. The van der Waals surface area contributed by atoms with Gasteiger partial charge < -0.3 is 20.7 Å². The molecule has 3 N–H and O–H groups in total. The van der Waals surface area contributed by atoms with Crippen LogP contribution in [0.15, 0.2) is 54.0 Å². The van der Waals surface area contributed by atoms with Crippen molar-refractivity contribution < 1.29 is 9.53 Å². The second-order valence-electron chi connectivity index (χ2n) is 8.35. The predicted molar refractivity (Wildman–Crippen MR) is 120 cm³/mol. The fraction of sp³-hybridized carbons (Fsp3) is 0.304. The van der Waals surface area contributed by atoms with Crippen molar-refractivity contribution in [3.05, 3.63) is 65.2 Å². The SMILES string of the molecule is NC(=O)c1ccc(-c2nccs2)c2c1N(Cc1ccccc1)C(N1CC3CC(C1)N3)O2. The van der Waals surface area contributed by atoms with Crippen molar-refractivity contribution in [1.29, 1.82) is 0 Å². The number of aromatic nitrogens is 1. The van der Waals surface area contributed by atoms with Gasteiger partial charge in [0.1, 0.15) is 5.01 Å². The molecular formula is C23H23N5O2S. The van der Waals surface area contributed by atoms with Gasteiger partial charge in [-0.15, -0.1) is 11.3 Å². The van der Waals surface area contributed by atoms with E-state index < -0.39 is 5.91 Å². The lowest BCUT2D eigenvalue weighted by Crippen LogP contribution is -2.70. The molecule has 158 valence electrons. The van der Waals surface area contributed by atoms with Crippen LogP contribution < -0.4 is 20.7 Å². The molecule has 0 radical (unpaired) electrons. The average Bonchev–Trinajstić information content (AvgIpc) is 3.42. The Labute approximate surface area is 184 Å². The maximum Gasteiger partial charge on any atom is 0.250 e. The van der Waals surface area contributed by atoms with Gasteiger partial charge in [0.25, 0.3) is 5.91 Å². The number of fused-ring (bicyclic) bond motifs is 3. The van der Waals surface area contributed by atoms with Crippen LogP contribution >= 0.6 is 11.3 Å². The number of piperazine rings is 1. The summed E-state index contributed by atoms with van der Waals surface area (Å²) in [7, 11) is 0. The summed E-state index contributed by atoms with van der Waals surface area (Å²) in [6, 6.07) is 15.0. The number of carbonyl (C=O) groups is 1. The van der Waals surface area contributed by atoms with Gasteiger partial charge in [0.05, 0.1) is 16.8 Å². The lowest BCUT2D eigenvalue weighted by molar-refractivity contribution is -0.0296. The lowest BCUT2D eigenvalue weighted by Gasteiger charge is -2.50. The van der Waals surface area contributed by atoms with Crippen LogP contribution in [0.3, 0.4) is 0 Å². The Balaban J connectivity index is 1.47. The van der Waals surface area contributed by atoms with E-state index in [0.29, 0.717) is 29.9 Å². The summed E-state index contributed by atoms with van der Waals surface area (Å²) in [6.07, 6.45) is 2.71. The van der Waals surface area contributed by atoms with Gasteiger partial charge in [-0.25, -0.2) is 9.88 Å². The van der Waals surface area contributed by atoms with Gasteiger partial charge in [-0.1, -0.05) is 30.3 Å². The molecule has 2 bridgehead atoms. The maximum absolute atomic E-state index is 12.4. The highest BCUT2D eigenvalue weighted by molar-refractivity contribution is 7.13. The van der Waals surface area contributed by atoms with Gasteiger partial charge >= 0.3 is 0 Å². The summed E-state index contributed by atoms with van der Waals surface area (Å²) in [4.78, 5) is 21.4. The number of amides is 1. The molecule has 3 saturated heterocycles. The fourth-order valence-electron chi connectivity index (χ4n) is 4.92. The molecule has 4 aliphatic rings. The van der Waals surface area contributed by atoms with Gasteiger partial charge in [-0.2, -0.15) is 0 Å². The van der Waals surface area contributed by atoms with Crippen molar-refractivity contribution >= 4 is 22.9 Å². The number of thiazole rings is 1. The molecule has 7 rings (SSSR count). The number of hydrogen-bond donors (Lipinski definition) is 2. The largest absolute Gasteiger partial charge is 0.454 e. The van der Waals surface area contributed by atoms with E-state index in [1.165, 1.54) is 6.42 Å². The van der Waals surface area contributed by atoms with Crippen LogP contribution in [-0.4, -0.2) is 47.3 Å². The molecule has 0 aliphatic carbocycles. The summed E-state index contributed by atoms with van der Waals surface area (Å²) in [5.41, 5.74) is 9.10. The number of anilines is 1. The second kappa shape index (κ2) is 7.33. The summed E-state index contributed by atoms with van der Waals surface area (Å²) < 4.78 is 6.63. The molecule has 3 aromatic rings. The van der Waals surface area contributed by atoms with E-state index in [1.807, 2.05) is 29.6 Å². The first-order valence-corrected chi connectivity index (χ1v) is 11.4. The smallest absolute Gasteiger partial charge is 0.250 e. The van der Waals surface area contributed by atoms with E-state index in [-0.39, 0.29) is 6.35 Å². The molecule has 5 heterocycles. The predicted octanol–water partition coefficient (Wildman–Crippen LogP) is 2.64. The molecule has 0 saturated carbocycles. The molecule has 1 aromatic heterocycles. The third kappa shape index (κ3) is 3.18. The average molecular weight is 434 g/mol. The lowest BCUT2D eigenvalue weighted by atomic mass is 9.91. The number of nitrogens with two attached hydrogens (primary N) is 1. The molecule has 8 heteroatoms. The van der Waals surface area contributed by atoms with E-state index >= 15 is 0 Å². The van der Waals surface area contributed by atoms with Crippen LogP contribution in [0.2, 0.25) is 0 Å². The zero-order valence-corrected chi connectivity index (χ0v) is 17.7. The van der Waals surface area contributed by atoms with Crippen molar-refractivity contribution in [2.75, 3.05) is 18.0 Å². The Bertz CT molecular complexity index is 1100. The highest BCUT2D eigenvalue weighted by atomic mass is 32.1. The first-order valence-electron chi connectivity index (χ1n) is 10.5. The van der Waals surface area contributed by atoms with Gasteiger partial charge in [-0.3, -0.25) is 4.79 Å². The molecule has 3 fully saturated rings. The van der Waals surface area contributed by atoms with E-state index in [2.05, 4.69) is 32.2 Å². The van der Waals surface area contributed by atoms with Gasteiger partial charge in [-0.05, 0) is 24.1 Å². The van der Waals surface area contributed by atoms with Crippen LogP contribution in [0, 0.1) is 0 Å². The number of carbonyl (C=O) groups excluding carboxylic acids is 1. The molecule has 3 unspecified atom stereocenters. The number of rotatable bonds is 5. The minimum atomic E-state index is -0.451. The summed E-state index contributed by atoms with van der Waals surface area (Å²) in [6.45, 7) is 2.46. The Morgan fingerprint density at radius 3 is 2.65 bits per heavy atom. The summed E-state index contributed by atoms with van der Waals surface area (Å²) in [5.74, 6) is 0.242. The van der Waals surface area contributed by atoms with Crippen LogP contribution in [0.5, 0.6) is 5.75 Å². The highest BCUT2D eigenvalue weighted by Gasteiger charge is 2.46. The van der Waals surface area contributed by atoms with Crippen molar-refractivity contribution in [3.8, 4) is 16.3 Å². The van der Waals surface area contributed by atoms with Crippen molar-refractivity contribution in [2.24, 2.45) is 5.73 Å². The molecule has 0 spiro atoms. The first kappa shape index (κ1) is 18.8. The minimum Gasteiger partial charge on any atom is -0.454 e. The number of primary amides is 1. The molecule has 2 aromatic carbocycles. The third-order valence-electron chi connectivity index (χ3n) is 6.30. The normalized spacial score (nSPS) is 24.4. The summed E-state index contributed by atoms with van der Waals surface area (Å²) >= 11 is 1.56. The van der Waals surface area contributed by atoms with Gasteiger partial charge in [0.15, 0.2) is 5.75 Å². The van der Waals surface area contributed by atoms with Crippen LogP contribution in [0.1, 0.15) is 22.3 Å². The molecular weight excluding hydrogens is 410 g/mol. The zero-order chi connectivity index (χ0) is 20.9. The van der Waals surface area contributed by atoms with E-state index in [9.17, 15) is 4.79 Å². The molecule has 1 amide bonds. The van der Waals surface area contributed by atoms with Gasteiger partial charge in [0, 0.05) is 43.3 Å². The first-order chi connectivity index (χ1) is 15.2. The Morgan fingerprint density at radius 2 is 1.97 bits per heavy atom. The monoisotopic (exact) mass is 433 g/mol. The number of benzene rings is 2. The zero-order valence-electron chi connectivity index (χ0n) is 16.9. The number of nitrogens with zero attached hydrogens (tertiary/aromatic N) is 3.